The highest BCUT2D eigenvalue weighted by Gasteiger charge is 1.81. The molecule has 0 heterocycles. The van der Waals surface area contributed by atoms with E-state index < -0.39 is 0 Å². The molecular weight excluding hydrogens is 132 g/mol. The van der Waals surface area contributed by atoms with Gasteiger partial charge < -0.3 is 5.11 Å². The Hall–Kier alpha value is -0.900. The van der Waals surface area contributed by atoms with Crippen molar-refractivity contribution < 1.29 is 15.6 Å². The van der Waals surface area contributed by atoms with Crippen LogP contribution >= 0.6 is 0 Å². The van der Waals surface area contributed by atoms with Crippen LogP contribution in [0.4, 0.5) is 0 Å². The smallest absolute Gasteiger partial charge is 0.0681 e. The largest absolute Gasteiger partial charge is 0.392 e. The van der Waals surface area contributed by atoms with Crippen molar-refractivity contribution >= 4 is 0 Å². The van der Waals surface area contributed by atoms with Crippen molar-refractivity contribution in [2.75, 3.05) is 0 Å². The maximum atomic E-state index is 8.54. The van der Waals surface area contributed by atoms with Crippen molar-refractivity contribution in [3.8, 4) is 0 Å². The number of hydrogen-bond donors (Lipinski definition) is 3. The molecule has 0 atom stereocenters. The molecule has 0 aromatic heterocycles. The molecule has 0 radical (unpaired) electrons. The Balaban J connectivity index is 0.000000371. The molecule has 0 saturated carbocycles. The summed E-state index contributed by atoms with van der Waals surface area (Å²) in [6, 6.07) is 9.52. The number of hydrogen-bond acceptors (Lipinski definition) is 3. The Bertz CT molecular complexity index is 150. The van der Waals surface area contributed by atoms with Gasteiger partial charge in [0.1, 0.15) is 0 Å². The van der Waals surface area contributed by atoms with E-state index in [-0.39, 0.29) is 6.61 Å². The van der Waals surface area contributed by atoms with Gasteiger partial charge in [-0.25, -0.2) is 0 Å². The predicted molar refractivity (Wildman–Crippen MR) is 37.6 cm³/mol. The fourth-order valence-corrected chi connectivity index (χ4v) is 0.583. The highest BCUT2D eigenvalue weighted by molar-refractivity contribution is 5.12. The highest BCUT2D eigenvalue weighted by atomic mass is 17.0. The van der Waals surface area contributed by atoms with E-state index in [1.165, 1.54) is 0 Å². The van der Waals surface area contributed by atoms with Crippen LogP contribution in [0.2, 0.25) is 0 Å². The van der Waals surface area contributed by atoms with E-state index in [2.05, 4.69) is 0 Å². The SMILES string of the molecule is OCc1ccccc1.OO. The molecule has 1 rings (SSSR count). The third kappa shape index (κ3) is 3.19. The van der Waals surface area contributed by atoms with Crippen molar-refractivity contribution in [1.29, 1.82) is 0 Å². The van der Waals surface area contributed by atoms with Crippen LogP contribution in [0, 0.1) is 0 Å². The van der Waals surface area contributed by atoms with E-state index in [0.717, 1.165) is 5.56 Å². The van der Waals surface area contributed by atoms with Gasteiger partial charge in [-0.3, -0.25) is 10.5 Å². The quantitative estimate of drug-likeness (QED) is 0.408. The standard InChI is InChI=1S/C7H8O.H2O2/c8-6-7-4-2-1-3-5-7;1-2/h1-5,8H,6H2;1-2H. The van der Waals surface area contributed by atoms with Crippen molar-refractivity contribution in [3.63, 3.8) is 0 Å². The second-order valence-electron chi connectivity index (χ2n) is 1.64. The normalized spacial score (nSPS) is 7.90. The molecule has 3 heteroatoms. The molecule has 0 saturated heterocycles. The van der Waals surface area contributed by atoms with E-state index in [0.29, 0.717) is 0 Å². The summed E-state index contributed by atoms with van der Waals surface area (Å²) in [6.45, 7) is 0.140. The van der Waals surface area contributed by atoms with Gasteiger partial charge in [0.05, 0.1) is 6.61 Å². The monoisotopic (exact) mass is 142 g/mol. The minimum absolute atomic E-state index is 0.140. The average Bonchev–Trinajstić information content (AvgIpc) is 2.10. The number of rotatable bonds is 1. The molecule has 0 aliphatic carbocycles. The lowest BCUT2D eigenvalue weighted by Gasteiger charge is -1.89. The molecule has 0 aliphatic rings. The Morgan fingerprint density at radius 3 is 1.80 bits per heavy atom. The fourth-order valence-electron chi connectivity index (χ4n) is 0.583. The average molecular weight is 142 g/mol. The Labute approximate surface area is 59.1 Å². The molecular formula is C7H10O3. The van der Waals surface area contributed by atoms with Crippen molar-refractivity contribution in [3.05, 3.63) is 35.9 Å². The zero-order valence-corrected chi connectivity index (χ0v) is 5.44. The van der Waals surface area contributed by atoms with Gasteiger partial charge in [0.15, 0.2) is 0 Å². The minimum atomic E-state index is 0.140. The van der Waals surface area contributed by atoms with Gasteiger partial charge in [-0.2, -0.15) is 0 Å². The van der Waals surface area contributed by atoms with E-state index in [1.54, 1.807) is 0 Å². The lowest BCUT2D eigenvalue weighted by molar-refractivity contribution is -0.176. The van der Waals surface area contributed by atoms with Crippen LogP contribution in [0.1, 0.15) is 5.56 Å². The van der Waals surface area contributed by atoms with E-state index in [1.807, 2.05) is 30.3 Å². The third-order valence-corrected chi connectivity index (χ3v) is 1.03. The van der Waals surface area contributed by atoms with Gasteiger partial charge in [0.25, 0.3) is 0 Å². The highest BCUT2D eigenvalue weighted by Crippen LogP contribution is 1.95. The third-order valence-electron chi connectivity index (χ3n) is 1.03. The molecule has 56 valence electrons. The van der Waals surface area contributed by atoms with Gasteiger partial charge in [0.2, 0.25) is 0 Å². The second kappa shape index (κ2) is 6.22. The number of benzene rings is 1. The maximum Gasteiger partial charge on any atom is 0.0681 e. The molecule has 0 aliphatic heterocycles. The van der Waals surface area contributed by atoms with Crippen molar-refractivity contribution in [1.82, 2.24) is 0 Å². The molecule has 0 fully saturated rings. The first-order valence-electron chi connectivity index (χ1n) is 2.78. The molecule has 0 amide bonds. The summed E-state index contributed by atoms with van der Waals surface area (Å²) in [4.78, 5) is 0. The molecule has 10 heavy (non-hydrogen) atoms. The second-order valence-corrected chi connectivity index (χ2v) is 1.64. The Morgan fingerprint density at radius 1 is 1.00 bits per heavy atom. The molecule has 0 spiro atoms. The maximum absolute atomic E-state index is 8.54. The first-order chi connectivity index (χ1) is 4.93. The molecule has 3 N–H and O–H groups in total. The lowest BCUT2D eigenvalue weighted by atomic mass is 10.2. The van der Waals surface area contributed by atoms with Crippen molar-refractivity contribution in [2.45, 2.75) is 6.61 Å². The molecule has 3 nitrogen and oxygen atoms in total. The van der Waals surface area contributed by atoms with Crippen LogP contribution in [0.25, 0.3) is 0 Å². The van der Waals surface area contributed by atoms with Crippen molar-refractivity contribution in [2.24, 2.45) is 0 Å². The van der Waals surface area contributed by atoms with E-state index >= 15 is 0 Å². The van der Waals surface area contributed by atoms with Gasteiger partial charge >= 0.3 is 0 Å². The zero-order chi connectivity index (χ0) is 7.82. The molecule has 1 aromatic carbocycles. The fraction of sp³-hybridized carbons (Fsp3) is 0.143. The summed E-state index contributed by atoms with van der Waals surface area (Å²) in [7, 11) is 0. The van der Waals surface area contributed by atoms with Gasteiger partial charge in [-0.05, 0) is 5.56 Å². The summed E-state index contributed by atoms with van der Waals surface area (Å²) in [6.07, 6.45) is 0. The molecule has 0 bridgehead atoms. The van der Waals surface area contributed by atoms with E-state index in [9.17, 15) is 0 Å². The Kier molecular flexibility index (Phi) is 5.66. The number of aliphatic hydroxyl groups excluding tert-OH is 1. The topological polar surface area (TPSA) is 60.7 Å². The van der Waals surface area contributed by atoms with Crippen LogP contribution in [0.15, 0.2) is 30.3 Å². The van der Waals surface area contributed by atoms with Gasteiger partial charge in [0, 0.05) is 0 Å². The van der Waals surface area contributed by atoms with Gasteiger partial charge in [-0.15, -0.1) is 0 Å². The first kappa shape index (κ1) is 9.10. The summed E-state index contributed by atoms with van der Waals surface area (Å²) in [5.74, 6) is 0. The summed E-state index contributed by atoms with van der Waals surface area (Å²) in [5, 5.41) is 20.5. The minimum Gasteiger partial charge on any atom is -0.392 e. The summed E-state index contributed by atoms with van der Waals surface area (Å²) in [5.41, 5.74) is 0.965. The molecule has 0 unspecified atom stereocenters. The lowest BCUT2D eigenvalue weighted by Crippen LogP contribution is -1.77. The van der Waals surface area contributed by atoms with E-state index in [4.69, 9.17) is 15.6 Å². The van der Waals surface area contributed by atoms with Gasteiger partial charge in [-0.1, -0.05) is 30.3 Å². The first-order valence-corrected chi connectivity index (χ1v) is 2.78. The zero-order valence-electron chi connectivity index (χ0n) is 5.44. The van der Waals surface area contributed by atoms with Crippen LogP contribution in [0.5, 0.6) is 0 Å². The Morgan fingerprint density at radius 2 is 1.50 bits per heavy atom. The van der Waals surface area contributed by atoms with Crippen LogP contribution in [-0.2, 0) is 6.61 Å². The van der Waals surface area contributed by atoms with Crippen LogP contribution in [0.3, 0.4) is 0 Å². The van der Waals surface area contributed by atoms with Crippen LogP contribution < -0.4 is 0 Å². The molecule has 1 aromatic rings. The number of aliphatic hydroxyl groups is 1. The van der Waals surface area contributed by atoms with Crippen LogP contribution in [-0.4, -0.2) is 15.6 Å². The summed E-state index contributed by atoms with van der Waals surface area (Å²) >= 11 is 0. The summed E-state index contributed by atoms with van der Waals surface area (Å²) < 4.78 is 0. The predicted octanol–water partition coefficient (Wildman–Crippen LogP) is 1.20.